The second-order valence-electron chi connectivity index (χ2n) is 4.64. The lowest BCUT2D eigenvalue weighted by molar-refractivity contribution is -0.118. The first-order valence-corrected chi connectivity index (χ1v) is 6.64. The van der Waals surface area contributed by atoms with Crippen molar-refractivity contribution in [1.82, 2.24) is 16.0 Å². The lowest BCUT2D eigenvalue weighted by atomic mass is 9.89. The Balaban J connectivity index is 2.05. The van der Waals surface area contributed by atoms with Crippen LogP contribution in [-0.2, 0) is 4.79 Å². The minimum Gasteiger partial charge on any atom is -0.355 e. The van der Waals surface area contributed by atoms with Crippen molar-refractivity contribution >= 4 is 11.9 Å². The molecule has 0 saturated heterocycles. The summed E-state index contributed by atoms with van der Waals surface area (Å²) in [5.74, 6) is 0.521. The lowest BCUT2D eigenvalue weighted by Gasteiger charge is -2.17. The van der Waals surface area contributed by atoms with Crippen LogP contribution in [0.3, 0.4) is 0 Å². The van der Waals surface area contributed by atoms with Crippen LogP contribution < -0.4 is 16.0 Å². The maximum atomic E-state index is 11.3. The lowest BCUT2D eigenvalue weighted by Crippen LogP contribution is -2.38. The number of rotatable bonds is 5. The Morgan fingerprint density at radius 2 is 1.78 bits per heavy atom. The molecule has 0 radical (unpaired) electrons. The Hall–Kier alpha value is -1.52. The summed E-state index contributed by atoms with van der Waals surface area (Å²) in [6.45, 7) is 2.34. The molecule has 0 bridgehead atoms. The number of allylic oxidation sites excluding steroid dienone is 1. The van der Waals surface area contributed by atoms with E-state index in [1.54, 1.807) is 6.20 Å². The minimum absolute atomic E-state index is 0.0885. The summed E-state index contributed by atoms with van der Waals surface area (Å²) in [6.07, 6.45) is 10.2. The fourth-order valence-corrected chi connectivity index (χ4v) is 2.05. The zero-order chi connectivity index (χ0) is 13.2. The standard InChI is InChI=1S/C13H23N3O2/c1-11(17)14-9-10-16-13(18)15-8-7-12-5-3-2-4-6-12/h7-8,12H,2-6,9-10H2,1H3,(H,14,17)(H2,15,16,18)/b8-7+. The van der Waals surface area contributed by atoms with E-state index in [1.807, 2.05) is 0 Å². The summed E-state index contributed by atoms with van der Waals surface area (Å²) in [5.41, 5.74) is 0. The number of urea groups is 1. The molecule has 0 unspecified atom stereocenters. The molecular formula is C13H23N3O2. The van der Waals surface area contributed by atoms with E-state index < -0.39 is 0 Å². The van der Waals surface area contributed by atoms with Crippen LogP contribution in [0.2, 0.25) is 0 Å². The summed E-state index contributed by atoms with van der Waals surface area (Å²) in [6, 6.07) is -0.229. The Bertz CT molecular complexity index is 297. The molecule has 1 aliphatic carbocycles. The third-order valence-corrected chi connectivity index (χ3v) is 3.02. The molecule has 3 N–H and O–H groups in total. The Kier molecular flexibility index (Phi) is 6.91. The highest BCUT2D eigenvalue weighted by Crippen LogP contribution is 2.24. The van der Waals surface area contributed by atoms with Crippen molar-refractivity contribution in [3.05, 3.63) is 12.3 Å². The SMILES string of the molecule is CC(=O)NCCNC(=O)N/C=C/C1CCCCC1. The van der Waals surface area contributed by atoms with Crippen LogP contribution in [0.1, 0.15) is 39.0 Å². The van der Waals surface area contributed by atoms with Gasteiger partial charge < -0.3 is 16.0 Å². The fraction of sp³-hybridized carbons (Fsp3) is 0.692. The van der Waals surface area contributed by atoms with Gasteiger partial charge in [0.05, 0.1) is 0 Å². The molecule has 18 heavy (non-hydrogen) atoms. The van der Waals surface area contributed by atoms with E-state index in [0.29, 0.717) is 19.0 Å². The Morgan fingerprint density at radius 1 is 1.11 bits per heavy atom. The largest absolute Gasteiger partial charge is 0.355 e. The van der Waals surface area contributed by atoms with E-state index in [0.717, 1.165) is 0 Å². The summed E-state index contributed by atoms with van der Waals surface area (Å²) in [5, 5.41) is 7.94. The monoisotopic (exact) mass is 253 g/mol. The quantitative estimate of drug-likeness (QED) is 0.650. The van der Waals surface area contributed by atoms with Gasteiger partial charge in [0.15, 0.2) is 0 Å². The van der Waals surface area contributed by atoms with Crippen molar-refractivity contribution in [2.24, 2.45) is 5.92 Å². The Labute approximate surface area is 108 Å². The normalized spacial score (nSPS) is 16.5. The number of carbonyl (C=O) groups is 2. The minimum atomic E-state index is -0.229. The average Bonchev–Trinajstić information content (AvgIpc) is 2.36. The van der Waals surface area contributed by atoms with E-state index in [9.17, 15) is 9.59 Å². The van der Waals surface area contributed by atoms with Gasteiger partial charge in [0.25, 0.3) is 0 Å². The van der Waals surface area contributed by atoms with Crippen molar-refractivity contribution in [2.45, 2.75) is 39.0 Å². The van der Waals surface area contributed by atoms with Gasteiger partial charge in [-0.15, -0.1) is 0 Å². The van der Waals surface area contributed by atoms with Gasteiger partial charge in [-0.05, 0) is 18.8 Å². The van der Waals surface area contributed by atoms with Crippen LogP contribution in [0, 0.1) is 5.92 Å². The predicted octanol–water partition coefficient (Wildman–Crippen LogP) is 1.52. The smallest absolute Gasteiger partial charge is 0.318 e. The van der Waals surface area contributed by atoms with E-state index in [1.165, 1.54) is 39.0 Å². The summed E-state index contributed by atoms with van der Waals surface area (Å²) >= 11 is 0. The number of amides is 3. The molecule has 1 rings (SSSR count). The first kappa shape index (κ1) is 14.5. The van der Waals surface area contributed by atoms with Crippen molar-refractivity contribution in [2.75, 3.05) is 13.1 Å². The second-order valence-corrected chi connectivity index (χ2v) is 4.64. The molecule has 1 saturated carbocycles. The zero-order valence-electron chi connectivity index (χ0n) is 11.0. The van der Waals surface area contributed by atoms with Gasteiger partial charge in [-0.25, -0.2) is 4.79 Å². The van der Waals surface area contributed by atoms with Gasteiger partial charge >= 0.3 is 6.03 Å². The van der Waals surface area contributed by atoms with E-state index >= 15 is 0 Å². The summed E-state index contributed by atoms with van der Waals surface area (Å²) in [7, 11) is 0. The molecule has 102 valence electrons. The molecule has 5 nitrogen and oxygen atoms in total. The summed E-state index contributed by atoms with van der Waals surface area (Å²) < 4.78 is 0. The van der Waals surface area contributed by atoms with Crippen LogP contribution in [0.4, 0.5) is 4.79 Å². The van der Waals surface area contributed by atoms with Crippen LogP contribution >= 0.6 is 0 Å². The molecule has 0 aromatic heterocycles. The fourth-order valence-electron chi connectivity index (χ4n) is 2.05. The van der Waals surface area contributed by atoms with E-state index in [-0.39, 0.29) is 11.9 Å². The molecule has 0 heterocycles. The van der Waals surface area contributed by atoms with Crippen LogP contribution in [0.5, 0.6) is 0 Å². The van der Waals surface area contributed by atoms with Gasteiger partial charge in [0.2, 0.25) is 5.91 Å². The highest BCUT2D eigenvalue weighted by molar-refractivity contribution is 5.75. The van der Waals surface area contributed by atoms with Crippen molar-refractivity contribution < 1.29 is 9.59 Å². The van der Waals surface area contributed by atoms with Gasteiger partial charge in [-0.3, -0.25) is 4.79 Å². The highest BCUT2D eigenvalue weighted by Gasteiger charge is 2.09. The maximum Gasteiger partial charge on any atom is 0.318 e. The van der Waals surface area contributed by atoms with Gasteiger partial charge in [-0.2, -0.15) is 0 Å². The van der Waals surface area contributed by atoms with E-state index in [4.69, 9.17) is 0 Å². The number of carbonyl (C=O) groups excluding carboxylic acids is 2. The van der Waals surface area contributed by atoms with E-state index in [2.05, 4.69) is 22.0 Å². The topological polar surface area (TPSA) is 70.2 Å². The predicted molar refractivity (Wildman–Crippen MR) is 70.9 cm³/mol. The molecule has 5 heteroatoms. The molecule has 3 amide bonds. The van der Waals surface area contributed by atoms with Crippen LogP contribution in [-0.4, -0.2) is 25.0 Å². The number of nitrogens with one attached hydrogen (secondary N) is 3. The van der Waals surface area contributed by atoms with Crippen molar-refractivity contribution in [3.8, 4) is 0 Å². The van der Waals surface area contributed by atoms with Gasteiger partial charge in [-0.1, -0.05) is 25.3 Å². The molecule has 1 fully saturated rings. The molecule has 0 atom stereocenters. The third kappa shape index (κ3) is 6.93. The van der Waals surface area contributed by atoms with Crippen molar-refractivity contribution in [3.63, 3.8) is 0 Å². The molecule has 1 aliphatic rings. The first-order chi connectivity index (χ1) is 8.68. The molecule has 0 aromatic carbocycles. The second kappa shape index (κ2) is 8.55. The molecular weight excluding hydrogens is 230 g/mol. The Morgan fingerprint density at radius 3 is 2.44 bits per heavy atom. The summed E-state index contributed by atoms with van der Waals surface area (Å²) in [4.78, 5) is 21.9. The maximum absolute atomic E-state index is 11.3. The number of hydrogen-bond acceptors (Lipinski definition) is 2. The number of hydrogen-bond donors (Lipinski definition) is 3. The zero-order valence-corrected chi connectivity index (χ0v) is 11.0. The van der Waals surface area contributed by atoms with Crippen molar-refractivity contribution in [1.29, 1.82) is 0 Å². The molecule has 0 aromatic rings. The average molecular weight is 253 g/mol. The van der Waals surface area contributed by atoms with Gasteiger partial charge in [0.1, 0.15) is 0 Å². The molecule has 0 aliphatic heterocycles. The van der Waals surface area contributed by atoms with Crippen LogP contribution in [0.15, 0.2) is 12.3 Å². The highest BCUT2D eigenvalue weighted by atomic mass is 16.2. The first-order valence-electron chi connectivity index (χ1n) is 6.64. The van der Waals surface area contributed by atoms with Crippen LogP contribution in [0.25, 0.3) is 0 Å². The third-order valence-electron chi connectivity index (χ3n) is 3.02. The molecule has 0 spiro atoms. The van der Waals surface area contributed by atoms with Gasteiger partial charge in [0, 0.05) is 26.2 Å².